The molecule has 2 amide bonds. The summed E-state index contributed by atoms with van der Waals surface area (Å²) in [5, 5.41) is 11.0. The highest BCUT2D eigenvalue weighted by Gasteiger charge is 2.34. The second-order valence-electron chi connectivity index (χ2n) is 15.7. The number of anilines is 2. The van der Waals surface area contributed by atoms with Gasteiger partial charge in [-0.3, -0.25) is 18.7 Å². The molecule has 0 saturated heterocycles. The molecule has 2 aliphatic rings. The fraction of sp³-hybridized carbons (Fsp3) is 0.388. The minimum atomic E-state index is -4.36. The van der Waals surface area contributed by atoms with Gasteiger partial charge in [0, 0.05) is 5.71 Å². The molecule has 6 rings (SSSR count). The van der Waals surface area contributed by atoms with Gasteiger partial charge in [0.25, 0.3) is 32.1 Å². The molecule has 14 nitrogen and oxygen atoms in total. The van der Waals surface area contributed by atoms with E-state index < -0.39 is 32.1 Å². The maximum atomic E-state index is 13.1. The Kier molecular flexibility index (Phi) is 19.2. The van der Waals surface area contributed by atoms with Gasteiger partial charge in [-0.1, -0.05) is 104 Å². The highest BCUT2D eigenvalue weighted by atomic mass is 32.2. The van der Waals surface area contributed by atoms with Crippen molar-refractivity contribution in [3.63, 3.8) is 0 Å². The first-order chi connectivity index (χ1) is 30.9. The van der Waals surface area contributed by atoms with Crippen molar-refractivity contribution >= 4 is 60.9 Å². The number of benzene rings is 4. The van der Waals surface area contributed by atoms with Gasteiger partial charge in [-0.2, -0.15) is 32.0 Å². The van der Waals surface area contributed by atoms with Crippen molar-refractivity contribution in [3.8, 4) is 11.5 Å². The fourth-order valence-electron chi connectivity index (χ4n) is 7.08. The van der Waals surface area contributed by atoms with Crippen molar-refractivity contribution in [3.05, 3.63) is 114 Å². The lowest BCUT2D eigenvalue weighted by Gasteiger charge is -2.15. The molecule has 350 valence electrons. The summed E-state index contributed by atoms with van der Waals surface area (Å²) in [6, 6.07) is 24.6. The predicted octanol–water partition coefficient (Wildman–Crippen LogP) is 10.6. The number of carbonyl (C=O) groups is 2. The van der Waals surface area contributed by atoms with Crippen LogP contribution in [0.2, 0.25) is 0 Å². The minimum Gasteiger partial charge on any atom is -0.458 e. The van der Waals surface area contributed by atoms with Crippen molar-refractivity contribution in [1.29, 1.82) is 0 Å². The SMILES string of the molecule is CC1=NN(c2ccc(S(=O)(=O)O)cc2)C(=O)/C1=C/c1ccc(OCOc2ccc(CC3C(=O)N(c4ccc(S(=O)(=O)O)cc4)N=C3C)cc2)cc1.CCC(CC)CC.CCC(CC)CC. The van der Waals surface area contributed by atoms with Crippen LogP contribution >= 0.6 is 0 Å². The summed E-state index contributed by atoms with van der Waals surface area (Å²) in [6.07, 6.45) is 10.2. The Balaban J connectivity index is 0.000000572. The van der Waals surface area contributed by atoms with E-state index in [1.807, 2.05) is 12.1 Å². The predicted molar refractivity (Wildman–Crippen MR) is 257 cm³/mol. The lowest BCUT2D eigenvalue weighted by Crippen LogP contribution is -2.28. The van der Waals surface area contributed by atoms with Gasteiger partial charge in [-0.15, -0.1) is 0 Å². The van der Waals surface area contributed by atoms with Crippen LogP contribution in [0.1, 0.15) is 105 Å². The van der Waals surface area contributed by atoms with Crippen LogP contribution in [0.15, 0.2) is 123 Å². The number of hydrogen-bond acceptors (Lipinski definition) is 10. The van der Waals surface area contributed by atoms with E-state index in [1.165, 1.54) is 92.1 Å². The first-order valence-corrected chi connectivity index (χ1v) is 24.8. The summed E-state index contributed by atoms with van der Waals surface area (Å²) >= 11 is 0. The molecule has 65 heavy (non-hydrogen) atoms. The van der Waals surface area contributed by atoms with Gasteiger partial charge in [-0.25, -0.2) is 5.01 Å². The zero-order chi connectivity index (χ0) is 47.9. The van der Waals surface area contributed by atoms with E-state index in [-0.39, 0.29) is 22.5 Å². The highest BCUT2D eigenvalue weighted by molar-refractivity contribution is 7.86. The van der Waals surface area contributed by atoms with E-state index in [1.54, 1.807) is 56.3 Å². The third-order valence-corrected chi connectivity index (χ3v) is 13.3. The molecule has 2 heterocycles. The van der Waals surface area contributed by atoms with Crippen molar-refractivity contribution in [2.24, 2.45) is 28.0 Å². The number of ether oxygens (including phenoxy) is 2. The summed E-state index contributed by atoms with van der Waals surface area (Å²) < 4.78 is 75.1. The maximum absolute atomic E-state index is 13.1. The number of carbonyl (C=O) groups excluding carboxylic acids is 2. The van der Waals surface area contributed by atoms with Crippen LogP contribution in [0, 0.1) is 17.8 Å². The first-order valence-electron chi connectivity index (χ1n) is 22.0. The summed E-state index contributed by atoms with van der Waals surface area (Å²) in [5.74, 6) is 1.90. The van der Waals surface area contributed by atoms with E-state index in [9.17, 15) is 35.5 Å². The number of hydrazone groups is 2. The molecular weight excluding hydrogens is 869 g/mol. The Labute approximate surface area is 384 Å². The molecule has 0 bridgehead atoms. The first kappa shape index (κ1) is 51.9. The normalized spacial score (nSPS) is 15.7. The molecule has 2 N–H and O–H groups in total. The molecule has 1 unspecified atom stereocenters. The lowest BCUT2D eigenvalue weighted by atomic mass is 9.95. The standard InChI is InChI=1S/C35H30N4O10S2.2C7H16/c1-22-32(34(40)38(36-22)26-7-15-30(16-8-26)50(42,43)44)19-24-3-11-28(12-4-24)48-21-49-29-13-5-25(6-14-29)20-33-23(2)37-39(35(33)41)27-9-17-31(18-10-27)51(45,46)47;2*1-4-7(5-2)6-3/h3-19,33H,20-21H2,1-2H3,(H,42,43,44)(H,45,46,47);2*7H,4-6H2,1-3H3/b32-19+;;. The van der Waals surface area contributed by atoms with Gasteiger partial charge in [0.05, 0.1) is 38.4 Å². The fourth-order valence-corrected chi connectivity index (χ4v) is 8.04. The van der Waals surface area contributed by atoms with Gasteiger partial charge < -0.3 is 9.47 Å². The maximum Gasteiger partial charge on any atom is 0.294 e. The molecule has 0 aliphatic carbocycles. The van der Waals surface area contributed by atoms with Crippen molar-refractivity contribution < 1.29 is 45.0 Å². The Morgan fingerprint density at radius 3 is 1.42 bits per heavy atom. The summed E-state index contributed by atoms with van der Waals surface area (Å²) in [4.78, 5) is 25.6. The van der Waals surface area contributed by atoms with Crippen LogP contribution < -0.4 is 19.5 Å². The molecule has 4 aromatic rings. The number of hydrogen-bond donors (Lipinski definition) is 2. The molecule has 0 radical (unpaired) electrons. The average molecular weight is 931 g/mol. The molecule has 0 aromatic heterocycles. The van der Waals surface area contributed by atoms with E-state index >= 15 is 0 Å². The molecule has 0 saturated carbocycles. The van der Waals surface area contributed by atoms with Gasteiger partial charge in [0.2, 0.25) is 6.79 Å². The number of nitrogens with zero attached hydrogens (tertiary/aromatic N) is 4. The average Bonchev–Trinajstić information content (AvgIpc) is 3.74. The molecule has 4 aromatic carbocycles. The van der Waals surface area contributed by atoms with Crippen molar-refractivity contribution in [1.82, 2.24) is 0 Å². The van der Waals surface area contributed by atoms with Gasteiger partial charge in [-0.05, 0) is 122 Å². The summed E-state index contributed by atoms with van der Waals surface area (Å²) in [5.41, 5.74) is 3.78. The lowest BCUT2D eigenvalue weighted by molar-refractivity contribution is -0.119. The Hall–Kier alpha value is -5.68. The van der Waals surface area contributed by atoms with Gasteiger partial charge >= 0.3 is 0 Å². The Morgan fingerprint density at radius 2 is 1.02 bits per heavy atom. The smallest absolute Gasteiger partial charge is 0.294 e. The number of amides is 2. The van der Waals surface area contributed by atoms with Crippen molar-refractivity contribution in [2.75, 3.05) is 16.8 Å². The molecular formula is C49H62N4O10S2. The highest BCUT2D eigenvalue weighted by Crippen LogP contribution is 2.29. The second-order valence-corrected chi connectivity index (χ2v) is 18.6. The molecule has 16 heteroatoms. The minimum absolute atomic E-state index is 0.0758. The number of rotatable bonds is 17. The van der Waals surface area contributed by atoms with E-state index in [0.717, 1.165) is 28.0 Å². The topological polar surface area (TPSA) is 193 Å². The van der Waals surface area contributed by atoms with Crippen LogP contribution in [-0.2, 0) is 36.2 Å². The van der Waals surface area contributed by atoms with E-state index in [2.05, 4.69) is 51.7 Å². The molecule has 0 spiro atoms. The van der Waals surface area contributed by atoms with Gasteiger partial charge in [0.15, 0.2) is 0 Å². The second kappa shape index (κ2) is 24.0. The Bertz CT molecular complexity index is 2490. The van der Waals surface area contributed by atoms with Crippen LogP contribution in [0.25, 0.3) is 6.08 Å². The largest absolute Gasteiger partial charge is 0.458 e. The third-order valence-electron chi connectivity index (χ3n) is 11.6. The monoisotopic (exact) mass is 930 g/mol. The van der Waals surface area contributed by atoms with Crippen LogP contribution in [0.5, 0.6) is 11.5 Å². The summed E-state index contributed by atoms with van der Waals surface area (Å²) in [7, 11) is -8.71. The van der Waals surface area contributed by atoms with Crippen LogP contribution in [0.4, 0.5) is 11.4 Å². The zero-order valence-electron chi connectivity index (χ0n) is 38.5. The quantitative estimate of drug-likeness (QED) is 0.0585. The molecule has 0 fully saturated rings. The van der Waals surface area contributed by atoms with Crippen LogP contribution in [0.3, 0.4) is 0 Å². The summed E-state index contributed by atoms with van der Waals surface area (Å²) in [6.45, 7) is 16.9. The third kappa shape index (κ3) is 14.7. The zero-order valence-corrected chi connectivity index (χ0v) is 40.1. The van der Waals surface area contributed by atoms with Crippen molar-refractivity contribution in [2.45, 2.75) is 110 Å². The molecule has 1 atom stereocenters. The van der Waals surface area contributed by atoms with E-state index in [0.29, 0.717) is 46.3 Å². The van der Waals surface area contributed by atoms with E-state index in [4.69, 9.17) is 9.47 Å². The molecule has 2 aliphatic heterocycles. The van der Waals surface area contributed by atoms with Crippen LogP contribution in [-0.4, -0.2) is 56.0 Å². The van der Waals surface area contributed by atoms with Gasteiger partial charge in [0.1, 0.15) is 11.5 Å². The Morgan fingerprint density at radius 1 is 0.600 bits per heavy atom.